The standard InChI is InChI=1S/C8H7ClF3NO2S/c9-6-5(4-14)16-7(13-6)15-3-1-2-8(10,11)12/h4H,1-3H2. The van der Waals surface area contributed by atoms with Crippen molar-refractivity contribution in [1.29, 1.82) is 0 Å². The van der Waals surface area contributed by atoms with Crippen molar-refractivity contribution < 1.29 is 22.7 Å². The Bertz CT molecular complexity index is 367. The lowest BCUT2D eigenvalue weighted by Gasteiger charge is -2.05. The molecule has 0 atom stereocenters. The molecule has 0 saturated heterocycles. The zero-order valence-electron chi connectivity index (χ0n) is 7.88. The summed E-state index contributed by atoms with van der Waals surface area (Å²) in [6, 6.07) is 0. The van der Waals surface area contributed by atoms with E-state index in [0.717, 1.165) is 11.3 Å². The Labute approximate surface area is 98.2 Å². The lowest BCUT2D eigenvalue weighted by Crippen LogP contribution is -2.09. The molecule has 0 saturated carbocycles. The largest absolute Gasteiger partial charge is 0.470 e. The summed E-state index contributed by atoms with van der Waals surface area (Å²) in [6.45, 7) is -0.109. The first-order valence-electron chi connectivity index (χ1n) is 4.23. The van der Waals surface area contributed by atoms with Gasteiger partial charge < -0.3 is 4.74 Å². The number of hydrogen-bond donors (Lipinski definition) is 0. The Morgan fingerprint density at radius 1 is 1.50 bits per heavy atom. The van der Waals surface area contributed by atoms with Gasteiger partial charge in [-0.25, -0.2) is 0 Å². The zero-order chi connectivity index (χ0) is 12.2. The second-order valence-corrected chi connectivity index (χ2v) is 4.17. The van der Waals surface area contributed by atoms with Crippen molar-refractivity contribution in [3.63, 3.8) is 0 Å². The molecule has 0 aliphatic heterocycles. The van der Waals surface area contributed by atoms with Crippen molar-refractivity contribution in [3.05, 3.63) is 10.0 Å². The quantitative estimate of drug-likeness (QED) is 0.610. The van der Waals surface area contributed by atoms with Crippen LogP contribution in [0, 0.1) is 0 Å². The predicted molar refractivity (Wildman–Crippen MR) is 53.3 cm³/mol. The van der Waals surface area contributed by atoms with E-state index in [1.54, 1.807) is 0 Å². The average Bonchev–Trinajstić information content (AvgIpc) is 2.52. The molecule has 0 aliphatic carbocycles. The fraction of sp³-hybridized carbons (Fsp3) is 0.500. The Kier molecular flexibility index (Phi) is 4.55. The molecule has 0 fully saturated rings. The van der Waals surface area contributed by atoms with Crippen LogP contribution in [0.25, 0.3) is 0 Å². The van der Waals surface area contributed by atoms with Gasteiger partial charge in [-0.2, -0.15) is 18.2 Å². The maximum absolute atomic E-state index is 11.8. The van der Waals surface area contributed by atoms with Crippen molar-refractivity contribution in [2.75, 3.05) is 6.61 Å². The predicted octanol–water partition coefficient (Wildman–Crippen LogP) is 3.33. The first-order valence-corrected chi connectivity index (χ1v) is 5.43. The van der Waals surface area contributed by atoms with Crippen LogP contribution in [0.4, 0.5) is 13.2 Å². The SMILES string of the molecule is O=Cc1sc(OCCCC(F)(F)F)nc1Cl. The first kappa shape index (κ1) is 13.2. The molecule has 1 aromatic rings. The molecule has 0 bridgehead atoms. The molecular weight excluding hydrogens is 267 g/mol. The number of thiazole rings is 1. The van der Waals surface area contributed by atoms with E-state index in [-0.39, 0.29) is 28.3 Å². The van der Waals surface area contributed by atoms with Crippen LogP contribution < -0.4 is 4.74 Å². The van der Waals surface area contributed by atoms with Gasteiger partial charge >= 0.3 is 6.18 Å². The third-order valence-corrected chi connectivity index (χ3v) is 2.82. The summed E-state index contributed by atoms with van der Waals surface area (Å²) in [4.78, 5) is 14.2. The third-order valence-electron chi connectivity index (χ3n) is 1.53. The molecule has 0 radical (unpaired) electrons. The second kappa shape index (κ2) is 5.49. The molecule has 0 N–H and O–H groups in total. The summed E-state index contributed by atoms with van der Waals surface area (Å²) < 4.78 is 40.2. The minimum Gasteiger partial charge on any atom is -0.470 e. The fourth-order valence-electron chi connectivity index (χ4n) is 0.861. The lowest BCUT2D eigenvalue weighted by atomic mass is 10.3. The van der Waals surface area contributed by atoms with Gasteiger partial charge in [-0.3, -0.25) is 4.79 Å². The molecular formula is C8H7ClF3NO2S. The summed E-state index contributed by atoms with van der Waals surface area (Å²) in [7, 11) is 0. The van der Waals surface area contributed by atoms with E-state index >= 15 is 0 Å². The molecule has 0 aliphatic rings. The minimum absolute atomic E-state index is 0.00539. The maximum Gasteiger partial charge on any atom is 0.389 e. The molecule has 0 spiro atoms. The smallest absolute Gasteiger partial charge is 0.389 e. The van der Waals surface area contributed by atoms with Crippen LogP contribution in [0.2, 0.25) is 5.15 Å². The highest BCUT2D eigenvalue weighted by Gasteiger charge is 2.26. The number of alkyl halides is 3. The van der Waals surface area contributed by atoms with Crippen LogP contribution in [0.15, 0.2) is 0 Å². The van der Waals surface area contributed by atoms with Gasteiger partial charge in [0.15, 0.2) is 11.4 Å². The fourth-order valence-corrected chi connectivity index (χ4v) is 1.79. The Hall–Kier alpha value is -0.820. The van der Waals surface area contributed by atoms with Gasteiger partial charge in [-0.15, -0.1) is 0 Å². The molecule has 1 aromatic heterocycles. The van der Waals surface area contributed by atoms with Gasteiger partial charge in [-0.1, -0.05) is 22.9 Å². The first-order chi connectivity index (χ1) is 7.42. The van der Waals surface area contributed by atoms with Crippen molar-refractivity contribution in [3.8, 4) is 5.19 Å². The van der Waals surface area contributed by atoms with Crippen LogP contribution in [-0.2, 0) is 0 Å². The summed E-state index contributed by atoms with van der Waals surface area (Å²) in [5.74, 6) is 0. The van der Waals surface area contributed by atoms with Crippen LogP contribution in [0.1, 0.15) is 22.5 Å². The van der Waals surface area contributed by atoms with Crippen molar-refractivity contribution >= 4 is 29.2 Å². The topological polar surface area (TPSA) is 39.2 Å². The van der Waals surface area contributed by atoms with Crippen LogP contribution in [0.5, 0.6) is 5.19 Å². The number of rotatable bonds is 5. The number of carbonyl (C=O) groups excluding carboxylic acids is 1. The van der Waals surface area contributed by atoms with Crippen molar-refractivity contribution in [1.82, 2.24) is 4.98 Å². The number of nitrogens with zero attached hydrogens (tertiary/aromatic N) is 1. The van der Waals surface area contributed by atoms with Gasteiger partial charge in [0.1, 0.15) is 4.88 Å². The number of carbonyl (C=O) groups is 1. The van der Waals surface area contributed by atoms with Crippen molar-refractivity contribution in [2.24, 2.45) is 0 Å². The van der Waals surface area contributed by atoms with Gasteiger partial charge in [0.25, 0.3) is 5.19 Å². The normalized spacial score (nSPS) is 11.5. The maximum atomic E-state index is 11.8. The Balaban J connectivity index is 2.35. The summed E-state index contributed by atoms with van der Waals surface area (Å²) >= 11 is 6.44. The molecule has 90 valence electrons. The summed E-state index contributed by atoms with van der Waals surface area (Å²) in [5, 5.41) is 0.111. The molecule has 1 heterocycles. The summed E-state index contributed by atoms with van der Waals surface area (Å²) in [6.07, 6.45) is -4.73. The molecule has 0 aromatic carbocycles. The number of ether oxygens (including phenoxy) is 1. The van der Waals surface area contributed by atoms with E-state index in [1.165, 1.54) is 0 Å². The van der Waals surface area contributed by atoms with Gasteiger partial charge in [-0.05, 0) is 6.42 Å². The van der Waals surface area contributed by atoms with Crippen molar-refractivity contribution in [2.45, 2.75) is 19.0 Å². The van der Waals surface area contributed by atoms with Crippen LogP contribution in [-0.4, -0.2) is 24.1 Å². The van der Waals surface area contributed by atoms with Gasteiger partial charge in [0, 0.05) is 6.42 Å². The van der Waals surface area contributed by atoms with Gasteiger partial charge in [0.05, 0.1) is 6.61 Å². The van der Waals surface area contributed by atoms with Crippen LogP contribution in [0.3, 0.4) is 0 Å². The Morgan fingerprint density at radius 2 is 2.19 bits per heavy atom. The van der Waals surface area contributed by atoms with E-state index in [4.69, 9.17) is 16.3 Å². The van der Waals surface area contributed by atoms with E-state index in [2.05, 4.69) is 4.98 Å². The Morgan fingerprint density at radius 3 is 2.69 bits per heavy atom. The van der Waals surface area contributed by atoms with Crippen LogP contribution >= 0.6 is 22.9 Å². The minimum atomic E-state index is -4.18. The van der Waals surface area contributed by atoms with E-state index < -0.39 is 12.6 Å². The molecule has 16 heavy (non-hydrogen) atoms. The molecule has 8 heteroatoms. The van der Waals surface area contributed by atoms with Gasteiger partial charge in [0.2, 0.25) is 0 Å². The third kappa shape index (κ3) is 4.36. The average molecular weight is 274 g/mol. The highest BCUT2D eigenvalue weighted by molar-refractivity contribution is 7.15. The number of aromatic nitrogens is 1. The zero-order valence-corrected chi connectivity index (χ0v) is 9.45. The molecule has 3 nitrogen and oxygen atoms in total. The second-order valence-electron chi connectivity index (χ2n) is 2.82. The number of hydrogen-bond acceptors (Lipinski definition) is 4. The van der Waals surface area contributed by atoms with E-state index in [9.17, 15) is 18.0 Å². The highest BCUT2D eigenvalue weighted by atomic mass is 35.5. The summed E-state index contributed by atoms with van der Waals surface area (Å²) in [5.41, 5.74) is 0. The number of aldehydes is 1. The lowest BCUT2D eigenvalue weighted by molar-refractivity contribution is -0.136. The monoisotopic (exact) mass is 273 g/mol. The highest BCUT2D eigenvalue weighted by Crippen LogP contribution is 2.27. The number of halogens is 4. The van der Waals surface area contributed by atoms with E-state index in [0.29, 0.717) is 6.29 Å². The molecule has 0 amide bonds. The van der Waals surface area contributed by atoms with E-state index in [1.807, 2.05) is 0 Å². The molecule has 1 rings (SSSR count). The molecule has 0 unspecified atom stereocenters.